The first kappa shape index (κ1) is 20.2. The number of carbonyl (C=O) groups is 1. The molecule has 0 spiro atoms. The van der Waals surface area contributed by atoms with Gasteiger partial charge in [0.1, 0.15) is 6.10 Å². The molecule has 0 aromatic heterocycles. The molecular formula is C16H29NO5S. The Labute approximate surface area is 140 Å². The number of allylic oxidation sites excluding steroid dienone is 1. The van der Waals surface area contributed by atoms with Crippen LogP contribution in [0, 0.1) is 5.41 Å². The zero-order chi connectivity index (χ0) is 17.8. The summed E-state index contributed by atoms with van der Waals surface area (Å²) in [4.78, 5) is 11.1. The highest BCUT2D eigenvalue weighted by Gasteiger charge is 2.57. The number of carbonyl (C=O) groups excluding carboxylic acids is 1. The van der Waals surface area contributed by atoms with Gasteiger partial charge in [-0.2, -0.15) is 0 Å². The summed E-state index contributed by atoms with van der Waals surface area (Å²) in [6.45, 7) is 11.3. The first-order valence-electron chi connectivity index (χ1n) is 7.56. The highest BCUT2D eigenvalue weighted by Crippen LogP contribution is 2.51. The fourth-order valence-corrected chi connectivity index (χ4v) is 6.39. The SMILES string of the molecule is C=CC[SH]1C[C@H](O)[C@H](O)[C@@H](O)[C@@H]1[C@](N)(OC=O)C(C)(C)CC=C. The molecule has 1 saturated heterocycles. The molecule has 1 rings (SSSR count). The van der Waals surface area contributed by atoms with Crippen molar-refractivity contribution in [1.29, 1.82) is 0 Å². The number of aliphatic hydroxyl groups excluding tert-OH is 3. The summed E-state index contributed by atoms with van der Waals surface area (Å²) in [5.41, 5.74) is 4.27. The van der Waals surface area contributed by atoms with Crippen LogP contribution in [0.15, 0.2) is 25.3 Å². The third-order valence-corrected chi connectivity index (χ3v) is 7.69. The van der Waals surface area contributed by atoms with Crippen LogP contribution in [0.3, 0.4) is 0 Å². The van der Waals surface area contributed by atoms with Crippen LogP contribution in [0.1, 0.15) is 20.3 Å². The summed E-state index contributed by atoms with van der Waals surface area (Å²) in [6.07, 6.45) is 0.163. The van der Waals surface area contributed by atoms with E-state index in [9.17, 15) is 20.1 Å². The van der Waals surface area contributed by atoms with E-state index in [0.717, 1.165) is 0 Å². The second-order valence-corrected chi connectivity index (χ2v) is 9.08. The number of thiol groups is 1. The topological polar surface area (TPSA) is 113 Å². The van der Waals surface area contributed by atoms with Gasteiger partial charge in [-0.1, -0.05) is 26.0 Å². The lowest BCUT2D eigenvalue weighted by Crippen LogP contribution is -2.70. The molecule has 6 atom stereocenters. The van der Waals surface area contributed by atoms with Crippen molar-refractivity contribution in [3.8, 4) is 0 Å². The molecule has 134 valence electrons. The van der Waals surface area contributed by atoms with E-state index in [2.05, 4.69) is 13.2 Å². The molecule has 0 radical (unpaired) electrons. The minimum Gasteiger partial charge on any atom is -0.444 e. The molecule has 23 heavy (non-hydrogen) atoms. The molecule has 0 aromatic rings. The fraction of sp³-hybridized carbons (Fsp3) is 0.688. The lowest BCUT2D eigenvalue weighted by Gasteiger charge is -2.55. The molecule has 1 aliphatic rings. The molecule has 0 aliphatic carbocycles. The van der Waals surface area contributed by atoms with Crippen LogP contribution in [0.2, 0.25) is 0 Å². The summed E-state index contributed by atoms with van der Waals surface area (Å²) in [5.74, 6) is 0.835. The number of hydrogen-bond donors (Lipinski definition) is 5. The molecule has 1 unspecified atom stereocenters. The van der Waals surface area contributed by atoms with Gasteiger partial charge < -0.3 is 20.1 Å². The van der Waals surface area contributed by atoms with Crippen LogP contribution >= 0.6 is 10.9 Å². The van der Waals surface area contributed by atoms with Crippen molar-refractivity contribution in [2.24, 2.45) is 11.1 Å². The number of ether oxygens (including phenoxy) is 1. The standard InChI is InChI=1S/C16H29NO5S/c1-5-7-15(3,4)16(17,22-10-18)14-13(21)12(20)11(19)9-23(14)8-6-2/h5-6,10-14,19-21,23H,1-2,7-9,17H2,3-4H3/t11-,12-,13+,14+,16-/m0/s1. The van der Waals surface area contributed by atoms with Crippen molar-refractivity contribution in [2.45, 2.75) is 49.6 Å². The first-order chi connectivity index (χ1) is 10.7. The Kier molecular flexibility index (Phi) is 6.85. The number of rotatable bonds is 8. The van der Waals surface area contributed by atoms with E-state index in [1.165, 1.54) is 0 Å². The minimum atomic E-state index is -1.50. The average Bonchev–Trinajstić information content (AvgIpc) is 2.45. The van der Waals surface area contributed by atoms with Crippen LogP contribution in [-0.4, -0.2) is 62.6 Å². The van der Waals surface area contributed by atoms with Gasteiger partial charge in [-0.05, 0) is 12.2 Å². The number of nitrogens with two attached hydrogens (primary N) is 1. The van der Waals surface area contributed by atoms with Gasteiger partial charge in [0.05, 0.1) is 17.5 Å². The Morgan fingerprint density at radius 1 is 1.26 bits per heavy atom. The van der Waals surface area contributed by atoms with Crippen molar-refractivity contribution < 1.29 is 24.9 Å². The Morgan fingerprint density at radius 2 is 1.87 bits per heavy atom. The largest absolute Gasteiger partial charge is 0.444 e. The first-order valence-corrected chi connectivity index (χ1v) is 9.34. The molecule has 1 heterocycles. The predicted molar refractivity (Wildman–Crippen MR) is 93.4 cm³/mol. The predicted octanol–water partition coefficient (Wildman–Crippen LogP) is 0.0688. The highest BCUT2D eigenvalue weighted by atomic mass is 32.2. The lowest BCUT2D eigenvalue weighted by atomic mass is 9.74. The van der Waals surface area contributed by atoms with Gasteiger partial charge in [0, 0.05) is 11.2 Å². The summed E-state index contributed by atoms with van der Waals surface area (Å²) < 4.78 is 5.30. The van der Waals surface area contributed by atoms with Gasteiger partial charge >= 0.3 is 0 Å². The molecule has 0 aromatic carbocycles. The normalized spacial score (nSPS) is 35.8. The van der Waals surface area contributed by atoms with E-state index < -0.39 is 45.6 Å². The lowest BCUT2D eigenvalue weighted by molar-refractivity contribution is -0.169. The zero-order valence-electron chi connectivity index (χ0n) is 13.8. The summed E-state index contributed by atoms with van der Waals surface area (Å²) in [6, 6.07) is 0. The minimum absolute atomic E-state index is 0.274. The second-order valence-electron chi connectivity index (χ2n) is 6.62. The van der Waals surface area contributed by atoms with Crippen molar-refractivity contribution in [1.82, 2.24) is 0 Å². The van der Waals surface area contributed by atoms with E-state index in [1.54, 1.807) is 12.2 Å². The van der Waals surface area contributed by atoms with Crippen LogP contribution in [0.4, 0.5) is 0 Å². The van der Waals surface area contributed by atoms with Gasteiger partial charge in [0.25, 0.3) is 6.47 Å². The van der Waals surface area contributed by atoms with Crippen molar-refractivity contribution in [2.75, 3.05) is 11.5 Å². The molecule has 0 bridgehead atoms. The van der Waals surface area contributed by atoms with E-state index in [4.69, 9.17) is 10.5 Å². The van der Waals surface area contributed by atoms with E-state index in [1.807, 2.05) is 13.8 Å². The van der Waals surface area contributed by atoms with Crippen molar-refractivity contribution in [3.05, 3.63) is 25.3 Å². The maximum atomic E-state index is 11.1. The van der Waals surface area contributed by atoms with Gasteiger partial charge in [0.15, 0.2) is 5.72 Å². The van der Waals surface area contributed by atoms with Gasteiger partial charge in [0.2, 0.25) is 0 Å². The summed E-state index contributed by atoms with van der Waals surface area (Å²) >= 11 is 0. The van der Waals surface area contributed by atoms with Gasteiger partial charge in [-0.3, -0.25) is 10.5 Å². The average molecular weight is 347 g/mol. The molecule has 5 N–H and O–H groups in total. The second kappa shape index (κ2) is 7.81. The molecule has 1 fully saturated rings. The van der Waals surface area contributed by atoms with Crippen molar-refractivity contribution in [3.63, 3.8) is 0 Å². The maximum absolute atomic E-state index is 11.1. The van der Waals surface area contributed by atoms with Crippen LogP contribution < -0.4 is 5.73 Å². The van der Waals surface area contributed by atoms with E-state index in [0.29, 0.717) is 17.9 Å². The quantitative estimate of drug-likeness (QED) is 0.184. The molecule has 7 heteroatoms. The van der Waals surface area contributed by atoms with Crippen LogP contribution in [-0.2, 0) is 9.53 Å². The molecule has 1 aliphatic heterocycles. The zero-order valence-corrected chi connectivity index (χ0v) is 14.7. The van der Waals surface area contributed by atoms with Gasteiger partial charge in [-0.25, -0.2) is 10.9 Å². The maximum Gasteiger partial charge on any atom is 0.294 e. The number of hydrogen-bond acceptors (Lipinski definition) is 6. The molecule has 6 nitrogen and oxygen atoms in total. The van der Waals surface area contributed by atoms with Crippen LogP contribution in [0.5, 0.6) is 0 Å². The molecular weight excluding hydrogens is 318 g/mol. The Balaban J connectivity index is 3.36. The summed E-state index contributed by atoms with van der Waals surface area (Å²) in [7, 11) is -1.04. The van der Waals surface area contributed by atoms with E-state index in [-0.39, 0.29) is 6.47 Å². The summed E-state index contributed by atoms with van der Waals surface area (Å²) in [5, 5.41) is 29.9. The monoisotopic (exact) mass is 347 g/mol. The van der Waals surface area contributed by atoms with E-state index >= 15 is 0 Å². The van der Waals surface area contributed by atoms with Crippen LogP contribution in [0.25, 0.3) is 0 Å². The Morgan fingerprint density at radius 3 is 2.35 bits per heavy atom. The third-order valence-electron chi connectivity index (χ3n) is 4.64. The molecule has 0 saturated carbocycles. The fourth-order valence-electron chi connectivity index (χ4n) is 3.20. The molecule has 0 amide bonds. The third kappa shape index (κ3) is 3.80. The Bertz CT molecular complexity index is 444. The smallest absolute Gasteiger partial charge is 0.294 e. The Hall–Kier alpha value is -0.860. The number of aliphatic hydroxyl groups is 3. The highest BCUT2D eigenvalue weighted by molar-refractivity contribution is 8.17. The van der Waals surface area contributed by atoms with Crippen molar-refractivity contribution >= 4 is 17.4 Å². The van der Waals surface area contributed by atoms with Gasteiger partial charge in [-0.15, -0.1) is 13.2 Å².